The van der Waals surface area contributed by atoms with Crippen molar-refractivity contribution in [3.05, 3.63) is 105 Å². The molecule has 0 radical (unpaired) electrons. The molecule has 0 aliphatic rings. The van der Waals surface area contributed by atoms with Gasteiger partial charge in [0.05, 0.1) is 52.5 Å². The highest BCUT2D eigenvalue weighted by Gasteiger charge is 2.23. The maximum atomic E-state index is 12.8. The fraction of sp³-hybridized carbons (Fsp3) is 0.100. The van der Waals surface area contributed by atoms with E-state index >= 15 is 0 Å². The van der Waals surface area contributed by atoms with Crippen molar-refractivity contribution in [2.45, 2.75) is 6.10 Å². The largest absolute Gasteiger partial charge is 0.545 e. The van der Waals surface area contributed by atoms with Crippen LogP contribution in [0.1, 0.15) is 93.2 Å². The Bertz CT molecular complexity index is 1800. The van der Waals surface area contributed by atoms with Gasteiger partial charge in [0.25, 0.3) is 0 Å². The van der Waals surface area contributed by atoms with Gasteiger partial charge in [0.15, 0.2) is 6.10 Å². The van der Waals surface area contributed by atoms with Crippen LogP contribution in [0.5, 0.6) is 0 Å². The summed E-state index contributed by atoms with van der Waals surface area (Å²) in [6.07, 6.45) is -1.77. The topological polar surface area (TPSA) is 320 Å². The molecule has 18 heteroatoms. The van der Waals surface area contributed by atoms with Gasteiger partial charge in [-0.25, -0.2) is 14.4 Å². The highest BCUT2D eigenvalue weighted by Crippen LogP contribution is 2.17. The Morgan fingerprint density at radius 1 is 0.417 bits per heavy atom. The molecule has 3 aromatic rings. The van der Waals surface area contributed by atoms with Gasteiger partial charge in [-0.15, -0.1) is 0 Å². The molecule has 3 aromatic carbocycles. The summed E-state index contributed by atoms with van der Waals surface area (Å²) in [6, 6.07) is 6.29. The molecule has 3 rings (SSSR count). The lowest BCUT2D eigenvalue weighted by atomic mass is 10.0. The van der Waals surface area contributed by atoms with E-state index in [0.717, 1.165) is 18.2 Å². The van der Waals surface area contributed by atoms with E-state index < -0.39 is 123 Å². The number of hydrogen-bond donors (Lipinski definition) is 0. The summed E-state index contributed by atoms with van der Waals surface area (Å²) >= 11 is 0. The zero-order valence-corrected chi connectivity index (χ0v) is 23.5. The number of esters is 3. The quantitative estimate of drug-likeness (QED) is 0.114. The molecular formula is C30H14O18-6. The first-order valence-corrected chi connectivity index (χ1v) is 12.8. The van der Waals surface area contributed by atoms with Crippen molar-refractivity contribution in [3.8, 4) is 0 Å². The third-order valence-electron chi connectivity index (χ3n) is 6.16. The minimum Gasteiger partial charge on any atom is -0.545 e. The van der Waals surface area contributed by atoms with Crippen molar-refractivity contribution in [1.29, 1.82) is 0 Å². The van der Waals surface area contributed by atoms with Gasteiger partial charge in [-0.1, -0.05) is 18.2 Å². The molecule has 0 atom stereocenters. The molecule has 0 aliphatic carbocycles. The first-order chi connectivity index (χ1) is 22.5. The van der Waals surface area contributed by atoms with Gasteiger partial charge in [-0.2, -0.15) is 0 Å². The number of benzene rings is 3. The van der Waals surface area contributed by atoms with Crippen LogP contribution >= 0.6 is 0 Å². The lowest BCUT2D eigenvalue weighted by Crippen LogP contribution is -2.33. The van der Waals surface area contributed by atoms with Crippen molar-refractivity contribution in [2.75, 3.05) is 13.2 Å². The maximum absolute atomic E-state index is 12.8. The number of carbonyl (C=O) groups excluding carboxylic acids is 9. The normalized spacial score (nSPS) is 10.4. The number of carbonyl (C=O) groups is 9. The number of rotatable bonds is 14. The number of carboxylic acid groups (broad SMARTS) is 6. The molecule has 0 N–H and O–H groups in total. The predicted octanol–water partition coefficient (Wildman–Crippen LogP) is -5.89. The van der Waals surface area contributed by atoms with Crippen molar-refractivity contribution in [2.24, 2.45) is 0 Å². The summed E-state index contributed by atoms with van der Waals surface area (Å²) in [5.41, 5.74) is -7.08. The second-order valence-electron chi connectivity index (χ2n) is 9.23. The SMILES string of the molecule is O=C(OCC(COC(=O)c1ccc(C(=O)[O-])c(C(=O)[O-])c1)OC(=O)c1ccc(C(=O)[O-])c(C(=O)[O-])c1)c1ccc(C(=O)[O-])c(C(=O)[O-])c1. The second kappa shape index (κ2) is 14.8. The van der Waals surface area contributed by atoms with Crippen LogP contribution in [0.3, 0.4) is 0 Å². The Kier molecular flexibility index (Phi) is 10.9. The summed E-state index contributed by atoms with van der Waals surface area (Å²) in [5, 5.41) is 67.5. The van der Waals surface area contributed by atoms with Gasteiger partial charge in [-0.3, -0.25) is 0 Å². The third-order valence-corrected chi connectivity index (χ3v) is 6.16. The van der Waals surface area contributed by atoms with Crippen LogP contribution < -0.4 is 30.6 Å². The zero-order valence-electron chi connectivity index (χ0n) is 23.5. The molecule has 248 valence electrons. The number of carboxylic acids is 6. The summed E-state index contributed by atoms with van der Waals surface area (Å²) in [6.45, 7) is -1.97. The van der Waals surface area contributed by atoms with Crippen LogP contribution in [-0.4, -0.2) is 73.0 Å². The molecule has 0 spiro atoms. The summed E-state index contributed by atoms with van der Waals surface area (Å²) in [5.74, 6) is -15.8. The van der Waals surface area contributed by atoms with E-state index in [1.54, 1.807) is 0 Å². The predicted molar refractivity (Wildman–Crippen MR) is 135 cm³/mol. The Morgan fingerprint density at radius 3 is 0.958 bits per heavy atom. The molecule has 48 heavy (non-hydrogen) atoms. The minimum atomic E-state index is -2.01. The van der Waals surface area contributed by atoms with E-state index in [0.29, 0.717) is 36.4 Å². The van der Waals surface area contributed by atoms with Crippen LogP contribution in [0.4, 0.5) is 0 Å². The summed E-state index contributed by atoms with van der Waals surface area (Å²) in [7, 11) is 0. The Balaban J connectivity index is 1.88. The van der Waals surface area contributed by atoms with E-state index in [1.807, 2.05) is 0 Å². The van der Waals surface area contributed by atoms with Crippen LogP contribution in [0, 0.1) is 0 Å². The fourth-order valence-electron chi connectivity index (χ4n) is 3.89. The zero-order chi connectivity index (χ0) is 35.9. The number of ether oxygens (including phenoxy) is 3. The average Bonchev–Trinajstić information content (AvgIpc) is 3.04. The molecule has 0 bridgehead atoms. The highest BCUT2D eigenvalue weighted by atomic mass is 16.6. The molecule has 0 unspecified atom stereocenters. The summed E-state index contributed by atoms with van der Waals surface area (Å²) < 4.78 is 15.1. The Labute approximate surface area is 265 Å². The van der Waals surface area contributed by atoms with E-state index in [1.165, 1.54) is 0 Å². The molecule has 0 saturated heterocycles. The summed E-state index contributed by atoms with van der Waals surface area (Å²) in [4.78, 5) is 106. The monoisotopic (exact) mass is 662 g/mol. The van der Waals surface area contributed by atoms with Gasteiger partial charge in [0, 0.05) is 33.4 Å². The van der Waals surface area contributed by atoms with Crippen molar-refractivity contribution in [3.63, 3.8) is 0 Å². The van der Waals surface area contributed by atoms with E-state index in [4.69, 9.17) is 14.2 Å². The Hall–Kier alpha value is -7.11. The first kappa shape index (κ1) is 35.4. The van der Waals surface area contributed by atoms with E-state index in [9.17, 15) is 73.8 Å². The van der Waals surface area contributed by atoms with Gasteiger partial charge in [-0.05, 0) is 36.4 Å². The standard InChI is InChI=1S/C30H20O18/c31-22(32)16-4-1-12(7-19(16)25(37)38)28(43)46-10-15(48-30(45)14-3-6-18(24(35)36)21(9-14)27(41)42)11-47-29(44)13-2-5-17(23(33)34)20(8-13)26(39)40/h1-9,15H,10-11H2,(H,31,32)(H,33,34)(H,35,36)(H,37,38)(H,39,40)(H,41,42)/p-6. The van der Waals surface area contributed by atoms with Crippen LogP contribution in [-0.2, 0) is 14.2 Å². The second-order valence-corrected chi connectivity index (χ2v) is 9.23. The van der Waals surface area contributed by atoms with E-state index in [2.05, 4.69) is 0 Å². The number of hydrogen-bond acceptors (Lipinski definition) is 18. The molecule has 18 nitrogen and oxygen atoms in total. The van der Waals surface area contributed by atoms with Gasteiger partial charge >= 0.3 is 17.9 Å². The fourth-order valence-corrected chi connectivity index (χ4v) is 3.89. The molecule has 0 aliphatic heterocycles. The number of aromatic carboxylic acids is 6. The smallest absolute Gasteiger partial charge is 0.338 e. The molecule has 0 heterocycles. The Morgan fingerprint density at radius 2 is 0.688 bits per heavy atom. The van der Waals surface area contributed by atoms with Crippen LogP contribution in [0.15, 0.2) is 54.6 Å². The van der Waals surface area contributed by atoms with Crippen molar-refractivity contribution in [1.82, 2.24) is 0 Å². The van der Waals surface area contributed by atoms with Gasteiger partial charge < -0.3 is 73.6 Å². The third kappa shape index (κ3) is 8.33. The van der Waals surface area contributed by atoms with Gasteiger partial charge in [0.1, 0.15) is 13.2 Å². The van der Waals surface area contributed by atoms with Gasteiger partial charge in [0.2, 0.25) is 0 Å². The van der Waals surface area contributed by atoms with Crippen molar-refractivity contribution >= 4 is 53.7 Å². The average molecular weight is 662 g/mol. The molecule has 0 fully saturated rings. The molecular weight excluding hydrogens is 648 g/mol. The van der Waals surface area contributed by atoms with E-state index in [-0.39, 0.29) is 0 Å². The minimum absolute atomic E-state index is 0.541. The van der Waals surface area contributed by atoms with Crippen LogP contribution in [0.25, 0.3) is 0 Å². The van der Waals surface area contributed by atoms with Crippen molar-refractivity contribution < 1.29 is 88.0 Å². The molecule has 0 aromatic heterocycles. The highest BCUT2D eigenvalue weighted by molar-refractivity contribution is 6.04. The lowest BCUT2D eigenvalue weighted by Gasteiger charge is -2.20. The van der Waals surface area contributed by atoms with Crippen LogP contribution in [0.2, 0.25) is 0 Å². The molecule has 0 saturated carbocycles. The molecule has 0 amide bonds. The first-order valence-electron chi connectivity index (χ1n) is 12.8. The lowest BCUT2D eigenvalue weighted by molar-refractivity contribution is -0.259. The maximum Gasteiger partial charge on any atom is 0.338 e.